The van der Waals surface area contributed by atoms with Gasteiger partial charge in [0.05, 0.1) is 6.10 Å². The average Bonchev–Trinajstić information content (AvgIpc) is 2.33. The molecule has 0 spiro atoms. The van der Waals surface area contributed by atoms with E-state index in [-0.39, 0.29) is 5.82 Å². The molecule has 0 fully saturated rings. The number of pyridine rings is 1. The van der Waals surface area contributed by atoms with Gasteiger partial charge in [0.2, 0.25) is 0 Å². The Morgan fingerprint density at radius 2 is 2.05 bits per heavy atom. The summed E-state index contributed by atoms with van der Waals surface area (Å²) < 4.78 is 13.8. The summed E-state index contributed by atoms with van der Waals surface area (Å²) in [5.41, 5.74) is 1.67. The third-order valence-corrected chi connectivity index (χ3v) is 3.49. The number of aliphatic hydroxyl groups excluding tert-OH is 1. The molecule has 1 atom stereocenters. The van der Waals surface area contributed by atoms with Gasteiger partial charge in [-0.25, -0.2) is 4.39 Å². The lowest BCUT2D eigenvalue weighted by atomic mass is 10.0. The zero-order valence-corrected chi connectivity index (χ0v) is 12.3. The van der Waals surface area contributed by atoms with E-state index in [1.807, 2.05) is 6.07 Å². The summed E-state index contributed by atoms with van der Waals surface area (Å²) in [6.07, 6.45) is 3.66. The van der Waals surface area contributed by atoms with Gasteiger partial charge in [-0.15, -0.1) is 0 Å². The Hall–Kier alpha value is -0.970. The van der Waals surface area contributed by atoms with Gasteiger partial charge in [-0.1, -0.05) is 17.7 Å². The number of hydrogen-bond acceptors (Lipinski definition) is 2. The van der Waals surface area contributed by atoms with Crippen molar-refractivity contribution in [3.05, 3.63) is 63.1 Å². The van der Waals surface area contributed by atoms with E-state index < -0.39 is 6.10 Å². The quantitative estimate of drug-likeness (QED) is 0.915. The lowest BCUT2D eigenvalue weighted by Gasteiger charge is -2.12. The van der Waals surface area contributed by atoms with Crippen LogP contribution in [0.5, 0.6) is 0 Å². The molecule has 0 aliphatic carbocycles. The topological polar surface area (TPSA) is 33.1 Å². The number of hydrogen-bond donors (Lipinski definition) is 1. The summed E-state index contributed by atoms with van der Waals surface area (Å²) in [6.45, 7) is 0. The second-order valence-corrected chi connectivity index (χ2v) is 5.63. The fourth-order valence-corrected chi connectivity index (χ4v) is 2.51. The van der Waals surface area contributed by atoms with E-state index in [9.17, 15) is 9.50 Å². The maximum Gasteiger partial charge on any atom is 0.124 e. The highest BCUT2D eigenvalue weighted by molar-refractivity contribution is 9.10. The van der Waals surface area contributed by atoms with E-state index in [4.69, 9.17) is 11.6 Å². The number of aromatic nitrogens is 1. The minimum absolute atomic E-state index is 0.339. The molecule has 2 rings (SSSR count). The average molecular weight is 345 g/mol. The largest absolute Gasteiger partial charge is 0.392 e. The Bertz CT molecular complexity index is 579. The predicted molar refractivity (Wildman–Crippen MR) is 76.8 cm³/mol. The van der Waals surface area contributed by atoms with Gasteiger partial charge in [-0.05, 0) is 45.3 Å². The minimum Gasteiger partial charge on any atom is -0.392 e. The van der Waals surface area contributed by atoms with E-state index in [1.165, 1.54) is 12.1 Å². The standard InChI is InChI=1S/C14H12BrClFNO/c15-11-3-9(7-18-8-11)4-13(19)5-10-1-2-12(17)6-14(10)16/h1-3,6-8,13,19H,4-5H2. The summed E-state index contributed by atoms with van der Waals surface area (Å²) in [7, 11) is 0. The van der Waals surface area contributed by atoms with Crippen molar-refractivity contribution < 1.29 is 9.50 Å². The van der Waals surface area contributed by atoms with E-state index in [2.05, 4.69) is 20.9 Å². The van der Waals surface area contributed by atoms with Crippen molar-refractivity contribution in [1.82, 2.24) is 4.98 Å². The van der Waals surface area contributed by atoms with E-state index in [1.54, 1.807) is 18.5 Å². The zero-order chi connectivity index (χ0) is 13.8. The molecule has 0 saturated heterocycles. The molecule has 2 aromatic rings. The van der Waals surface area contributed by atoms with Gasteiger partial charge in [0.25, 0.3) is 0 Å². The third-order valence-electron chi connectivity index (χ3n) is 2.70. The first-order chi connectivity index (χ1) is 9.04. The summed E-state index contributed by atoms with van der Waals surface area (Å²) >= 11 is 9.26. The van der Waals surface area contributed by atoms with E-state index >= 15 is 0 Å². The summed E-state index contributed by atoms with van der Waals surface area (Å²) in [5.74, 6) is -0.376. The number of halogens is 3. The van der Waals surface area contributed by atoms with Crippen LogP contribution in [0, 0.1) is 5.82 Å². The lowest BCUT2D eigenvalue weighted by Crippen LogP contribution is -2.14. The Morgan fingerprint density at radius 1 is 1.26 bits per heavy atom. The van der Waals surface area contributed by atoms with Crippen molar-refractivity contribution in [2.24, 2.45) is 0 Å². The molecule has 0 radical (unpaired) electrons. The molecule has 2 nitrogen and oxygen atoms in total. The summed E-state index contributed by atoms with van der Waals surface area (Å²) in [4.78, 5) is 4.04. The molecule has 0 bridgehead atoms. The van der Waals surface area contributed by atoms with Gasteiger partial charge in [-0.3, -0.25) is 4.98 Å². The number of rotatable bonds is 4. The van der Waals surface area contributed by atoms with Gasteiger partial charge in [-0.2, -0.15) is 0 Å². The first kappa shape index (κ1) is 14.4. The Morgan fingerprint density at radius 3 is 2.74 bits per heavy atom. The Balaban J connectivity index is 2.03. The smallest absolute Gasteiger partial charge is 0.124 e. The van der Waals surface area contributed by atoms with E-state index in [0.29, 0.717) is 17.9 Å². The van der Waals surface area contributed by atoms with Crippen molar-refractivity contribution in [2.45, 2.75) is 18.9 Å². The normalized spacial score (nSPS) is 12.4. The summed E-state index contributed by atoms with van der Waals surface area (Å²) in [6, 6.07) is 6.10. The summed E-state index contributed by atoms with van der Waals surface area (Å²) in [5, 5.41) is 10.4. The molecule has 0 aliphatic heterocycles. The lowest BCUT2D eigenvalue weighted by molar-refractivity contribution is 0.175. The second-order valence-electron chi connectivity index (χ2n) is 4.31. The van der Waals surface area contributed by atoms with Gasteiger partial charge in [0, 0.05) is 34.7 Å². The molecule has 1 unspecified atom stereocenters. The number of nitrogens with zero attached hydrogens (tertiary/aromatic N) is 1. The second kappa shape index (κ2) is 6.46. The Kier molecular flexibility index (Phi) is 4.91. The molecule has 5 heteroatoms. The van der Waals surface area contributed by atoms with Crippen LogP contribution in [0.3, 0.4) is 0 Å². The third kappa shape index (κ3) is 4.27. The minimum atomic E-state index is -0.584. The predicted octanol–water partition coefficient (Wildman–Crippen LogP) is 3.78. The van der Waals surface area contributed by atoms with Crippen LogP contribution in [-0.4, -0.2) is 16.2 Å². The van der Waals surface area contributed by atoms with Gasteiger partial charge in [0.15, 0.2) is 0 Å². The molecule has 100 valence electrons. The van der Waals surface area contributed by atoms with Crippen LogP contribution in [0.4, 0.5) is 4.39 Å². The maximum absolute atomic E-state index is 12.9. The number of benzene rings is 1. The molecule has 1 heterocycles. The molecule has 1 N–H and O–H groups in total. The van der Waals surface area contributed by atoms with Gasteiger partial charge in [0.1, 0.15) is 5.82 Å². The highest BCUT2D eigenvalue weighted by Crippen LogP contribution is 2.20. The molecule has 0 amide bonds. The highest BCUT2D eigenvalue weighted by atomic mass is 79.9. The van der Waals surface area contributed by atoms with Gasteiger partial charge < -0.3 is 5.11 Å². The molecule has 1 aromatic heterocycles. The van der Waals surface area contributed by atoms with Crippen LogP contribution in [0.15, 0.2) is 41.1 Å². The highest BCUT2D eigenvalue weighted by Gasteiger charge is 2.10. The van der Waals surface area contributed by atoms with E-state index in [0.717, 1.165) is 15.6 Å². The van der Waals surface area contributed by atoms with Crippen LogP contribution >= 0.6 is 27.5 Å². The molecule has 19 heavy (non-hydrogen) atoms. The maximum atomic E-state index is 12.9. The van der Waals surface area contributed by atoms with Gasteiger partial charge >= 0.3 is 0 Å². The molecule has 0 saturated carbocycles. The zero-order valence-electron chi connectivity index (χ0n) is 9.98. The molecule has 1 aromatic carbocycles. The van der Waals surface area contributed by atoms with Crippen molar-refractivity contribution in [2.75, 3.05) is 0 Å². The first-order valence-corrected chi connectivity index (χ1v) is 6.93. The first-order valence-electron chi connectivity index (χ1n) is 5.76. The van der Waals surface area contributed by atoms with Crippen molar-refractivity contribution in [3.63, 3.8) is 0 Å². The Labute approximate surface area is 124 Å². The SMILES string of the molecule is OC(Cc1cncc(Br)c1)Cc1ccc(F)cc1Cl. The van der Waals surface area contributed by atoms with Crippen molar-refractivity contribution in [3.8, 4) is 0 Å². The van der Waals surface area contributed by atoms with Crippen LogP contribution < -0.4 is 0 Å². The fraction of sp³-hybridized carbons (Fsp3) is 0.214. The van der Waals surface area contributed by atoms with Crippen molar-refractivity contribution >= 4 is 27.5 Å². The van der Waals surface area contributed by atoms with Crippen LogP contribution in [0.25, 0.3) is 0 Å². The fourth-order valence-electron chi connectivity index (χ4n) is 1.85. The van der Waals surface area contributed by atoms with Crippen molar-refractivity contribution in [1.29, 1.82) is 0 Å². The van der Waals surface area contributed by atoms with Crippen LogP contribution in [-0.2, 0) is 12.8 Å². The van der Waals surface area contributed by atoms with Crippen LogP contribution in [0.2, 0.25) is 5.02 Å². The molecular formula is C14H12BrClFNO. The van der Waals surface area contributed by atoms with Crippen LogP contribution in [0.1, 0.15) is 11.1 Å². The molecule has 0 aliphatic rings. The number of aliphatic hydroxyl groups is 1. The molecular weight excluding hydrogens is 333 g/mol. The monoisotopic (exact) mass is 343 g/mol.